The fourth-order valence-corrected chi connectivity index (χ4v) is 7.38. The number of nitriles is 1. The number of hydrogen-bond donors (Lipinski definition) is 0. The Kier molecular flexibility index (Phi) is 8.20. The summed E-state index contributed by atoms with van der Waals surface area (Å²) in [5, 5.41) is 15.2. The van der Waals surface area contributed by atoms with Crippen molar-refractivity contribution in [1.29, 1.82) is 5.26 Å². The third kappa shape index (κ3) is 5.95. The number of benzene rings is 3. The number of amides is 2. The molecule has 9 nitrogen and oxygen atoms in total. The molecule has 2 amide bonds. The maximum absolute atomic E-state index is 14.3. The summed E-state index contributed by atoms with van der Waals surface area (Å²) in [6, 6.07) is 27.0. The van der Waals surface area contributed by atoms with Crippen LogP contribution in [-0.2, 0) is 19.4 Å². The van der Waals surface area contributed by atoms with Crippen LogP contribution in [-0.4, -0.2) is 59.1 Å². The molecule has 0 bridgehead atoms. The molecule has 2 aliphatic heterocycles. The highest BCUT2D eigenvalue weighted by Crippen LogP contribution is 2.38. The molecule has 10 heteroatoms. The fraction of sp³-hybridized carbons (Fsp3) is 0.200. The summed E-state index contributed by atoms with van der Waals surface area (Å²) in [5.41, 5.74) is 3.26. The van der Waals surface area contributed by atoms with E-state index >= 15 is 0 Å². The second kappa shape index (κ2) is 12.4. The number of nitrogens with zero attached hydrogens (tertiary/aromatic N) is 4. The molecule has 1 aromatic heterocycles. The number of rotatable bonds is 8. The monoisotopic (exact) mass is 618 g/mol. The van der Waals surface area contributed by atoms with Crippen LogP contribution < -0.4 is 4.74 Å². The van der Waals surface area contributed by atoms with Crippen molar-refractivity contribution in [3.05, 3.63) is 113 Å². The minimum Gasteiger partial charge on any atom is -0.494 e. The van der Waals surface area contributed by atoms with Crippen molar-refractivity contribution in [1.82, 2.24) is 14.7 Å². The quantitative estimate of drug-likeness (QED) is 0.195. The molecule has 1 saturated heterocycles. The first-order valence-corrected chi connectivity index (χ1v) is 16.5. The van der Waals surface area contributed by atoms with Gasteiger partial charge >= 0.3 is 0 Å². The zero-order chi connectivity index (χ0) is 31.6. The van der Waals surface area contributed by atoms with Crippen molar-refractivity contribution in [2.45, 2.75) is 25.8 Å². The first-order valence-electron chi connectivity index (χ1n) is 14.7. The zero-order valence-corrected chi connectivity index (χ0v) is 25.4. The third-order valence-electron chi connectivity index (χ3n) is 7.79. The van der Waals surface area contributed by atoms with Crippen LogP contribution in [0.1, 0.15) is 30.9 Å². The summed E-state index contributed by atoms with van der Waals surface area (Å²) in [5.74, 6) is -1.24. The predicted molar refractivity (Wildman–Crippen MR) is 171 cm³/mol. The number of hydrogen-bond acceptors (Lipinski definition) is 7. The first-order chi connectivity index (χ1) is 21.8. The third-order valence-corrected chi connectivity index (χ3v) is 9.54. The Morgan fingerprint density at radius 3 is 2.36 bits per heavy atom. The molecule has 1 atom stereocenters. The van der Waals surface area contributed by atoms with Crippen LogP contribution in [0, 0.1) is 11.3 Å². The number of ether oxygens (including phenoxy) is 1. The molecular formula is C35H30N4O5S. The highest BCUT2D eigenvalue weighted by Gasteiger charge is 2.45. The van der Waals surface area contributed by atoms with Gasteiger partial charge in [0.1, 0.15) is 23.1 Å². The molecule has 0 N–H and O–H groups in total. The van der Waals surface area contributed by atoms with Crippen molar-refractivity contribution in [3.8, 4) is 28.8 Å². The lowest BCUT2D eigenvalue weighted by atomic mass is 9.86. The smallest absolute Gasteiger partial charge is 0.272 e. The van der Waals surface area contributed by atoms with Crippen LogP contribution in [0.25, 0.3) is 28.6 Å². The Morgan fingerprint density at radius 1 is 0.978 bits per heavy atom. The number of aromatic nitrogens is 2. The van der Waals surface area contributed by atoms with Crippen LogP contribution >= 0.6 is 0 Å². The van der Waals surface area contributed by atoms with E-state index in [1.807, 2.05) is 67.6 Å². The Labute approximate surface area is 261 Å². The van der Waals surface area contributed by atoms with Gasteiger partial charge in [0.05, 0.1) is 35.4 Å². The topological polar surface area (TPSA) is 122 Å². The van der Waals surface area contributed by atoms with E-state index in [9.17, 15) is 23.3 Å². The molecule has 2 aliphatic rings. The normalized spacial score (nSPS) is 18.8. The van der Waals surface area contributed by atoms with Gasteiger partial charge in [-0.3, -0.25) is 14.5 Å². The molecule has 0 spiro atoms. The van der Waals surface area contributed by atoms with Crippen molar-refractivity contribution in [3.63, 3.8) is 0 Å². The lowest BCUT2D eigenvalue weighted by molar-refractivity contribution is -0.142. The summed E-state index contributed by atoms with van der Waals surface area (Å²) < 4.78 is 32.3. The Morgan fingerprint density at radius 2 is 1.69 bits per heavy atom. The van der Waals surface area contributed by atoms with Gasteiger partial charge in [-0.15, -0.1) is 0 Å². The summed E-state index contributed by atoms with van der Waals surface area (Å²) >= 11 is 0. The second-order valence-corrected chi connectivity index (χ2v) is 13.1. The minimum absolute atomic E-state index is 0.105. The van der Waals surface area contributed by atoms with Crippen LogP contribution in [0.4, 0.5) is 0 Å². The molecule has 4 aromatic rings. The van der Waals surface area contributed by atoms with Crippen molar-refractivity contribution in [2.75, 3.05) is 18.1 Å². The largest absolute Gasteiger partial charge is 0.494 e. The van der Waals surface area contributed by atoms with Gasteiger partial charge in [-0.2, -0.15) is 10.4 Å². The molecule has 3 aromatic carbocycles. The zero-order valence-electron chi connectivity index (χ0n) is 24.6. The van der Waals surface area contributed by atoms with E-state index in [0.717, 1.165) is 22.6 Å². The van der Waals surface area contributed by atoms with Gasteiger partial charge in [-0.25, -0.2) is 13.1 Å². The maximum Gasteiger partial charge on any atom is 0.272 e. The van der Waals surface area contributed by atoms with Crippen molar-refractivity contribution in [2.24, 2.45) is 0 Å². The lowest BCUT2D eigenvalue weighted by Crippen LogP contribution is -2.49. The summed E-state index contributed by atoms with van der Waals surface area (Å²) in [6.07, 6.45) is 4.40. The fourth-order valence-electron chi connectivity index (χ4n) is 5.68. The summed E-state index contributed by atoms with van der Waals surface area (Å²) in [6.45, 7) is 2.58. The molecule has 6 rings (SSSR count). The average Bonchev–Trinajstić information content (AvgIpc) is 3.64. The Balaban J connectivity index is 1.58. The number of sulfone groups is 1. The molecule has 0 radical (unpaired) electrons. The van der Waals surface area contributed by atoms with Gasteiger partial charge < -0.3 is 4.74 Å². The summed E-state index contributed by atoms with van der Waals surface area (Å²) in [4.78, 5) is 29.0. The van der Waals surface area contributed by atoms with Crippen LogP contribution in [0.3, 0.4) is 0 Å². The number of para-hydroxylation sites is 1. The average molecular weight is 619 g/mol. The molecule has 45 heavy (non-hydrogen) atoms. The maximum atomic E-state index is 14.3. The minimum atomic E-state index is -3.43. The van der Waals surface area contributed by atoms with Gasteiger partial charge in [0.25, 0.3) is 11.8 Å². The van der Waals surface area contributed by atoms with E-state index in [0.29, 0.717) is 29.2 Å². The lowest BCUT2D eigenvalue weighted by Gasteiger charge is -2.32. The van der Waals surface area contributed by atoms with E-state index in [-0.39, 0.29) is 34.6 Å². The van der Waals surface area contributed by atoms with Gasteiger partial charge in [-0.1, -0.05) is 67.6 Å². The van der Waals surface area contributed by atoms with Gasteiger partial charge in [0.15, 0.2) is 9.84 Å². The van der Waals surface area contributed by atoms with Gasteiger partial charge in [-0.05, 0) is 48.7 Å². The predicted octanol–water partition coefficient (Wildman–Crippen LogP) is 5.24. The Hall–Kier alpha value is -5.27. The van der Waals surface area contributed by atoms with E-state index in [1.54, 1.807) is 47.3 Å². The summed E-state index contributed by atoms with van der Waals surface area (Å²) in [7, 11) is -3.43. The molecule has 226 valence electrons. The van der Waals surface area contributed by atoms with Crippen molar-refractivity contribution < 1.29 is 22.7 Å². The van der Waals surface area contributed by atoms with E-state index in [2.05, 4.69) is 0 Å². The molecule has 1 unspecified atom stereocenters. The van der Waals surface area contributed by atoms with E-state index < -0.39 is 27.7 Å². The Bertz CT molecular complexity index is 1990. The molecule has 1 fully saturated rings. The standard InChI is InChI=1S/C35H30N4O5S/c1-2-17-44-29-15-9-12-25(19-29)33-26(22-38(37-33)27-13-7-4-8-14-27)20-30-32(24-10-5-3-6-11-24)31(21-36)35(41)39(34(30)40)28-16-18-45(42,43)23-28/h3-15,19-20,22,28H,2,16-18,23H2,1H3/b30-20-. The van der Waals surface area contributed by atoms with Crippen molar-refractivity contribution >= 4 is 33.3 Å². The number of carbonyl (C=O) groups excluding carboxylic acids is 2. The highest BCUT2D eigenvalue weighted by molar-refractivity contribution is 7.91. The van der Waals surface area contributed by atoms with Gasteiger partial charge in [0.2, 0.25) is 0 Å². The molecule has 0 saturated carbocycles. The number of carbonyl (C=O) groups is 2. The molecular weight excluding hydrogens is 588 g/mol. The SMILES string of the molecule is CCCOc1cccc(-c2nn(-c3ccccc3)cc2/C=C2\C(=O)N(C3CCS(=O)(=O)C3)C(=O)C(C#N)=C2c2ccccc2)c1. The highest BCUT2D eigenvalue weighted by atomic mass is 32.2. The second-order valence-electron chi connectivity index (χ2n) is 10.9. The van der Waals surface area contributed by atoms with Gasteiger partial charge in [0, 0.05) is 22.9 Å². The van der Waals surface area contributed by atoms with E-state index in [1.165, 1.54) is 0 Å². The van der Waals surface area contributed by atoms with Crippen LogP contribution in [0.15, 0.2) is 102 Å². The number of imide groups is 1. The van der Waals surface area contributed by atoms with Crippen LogP contribution in [0.5, 0.6) is 5.75 Å². The molecule has 0 aliphatic carbocycles. The molecule has 3 heterocycles. The van der Waals surface area contributed by atoms with Crippen LogP contribution in [0.2, 0.25) is 0 Å². The van der Waals surface area contributed by atoms with E-state index in [4.69, 9.17) is 9.84 Å². The first kappa shape index (κ1) is 29.8.